The summed E-state index contributed by atoms with van der Waals surface area (Å²) in [6.45, 7) is 0.394. The van der Waals surface area contributed by atoms with Gasteiger partial charge in [0.15, 0.2) is 0 Å². The highest BCUT2D eigenvalue weighted by atomic mass is 16.5. The first-order valence-corrected chi connectivity index (χ1v) is 6.38. The van der Waals surface area contributed by atoms with Gasteiger partial charge in [-0.1, -0.05) is 0 Å². The lowest BCUT2D eigenvalue weighted by Gasteiger charge is -2.16. The first kappa shape index (κ1) is 16.8. The van der Waals surface area contributed by atoms with Crippen LogP contribution in [0.2, 0.25) is 0 Å². The smallest absolute Gasteiger partial charge is 0.304 e. The Balaban J connectivity index is 2.63. The van der Waals surface area contributed by atoms with Crippen LogP contribution in [-0.2, 0) is 9.59 Å². The summed E-state index contributed by atoms with van der Waals surface area (Å²) in [5, 5.41) is 11.3. The summed E-state index contributed by atoms with van der Waals surface area (Å²) in [5.74, 6) is -0.0196. The standard InChI is InChI=1S/C14H20N2O5/c1-16(7-6-14(18)19)9-13(17)15-11-8-10(20-2)4-5-12(11)21-3/h4-5,8H,6-7,9H2,1-3H3,(H,15,17)(H,18,19). The summed E-state index contributed by atoms with van der Waals surface area (Å²) in [5.41, 5.74) is 0.508. The summed E-state index contributed by atoms with van der Waals surface area (Å²) < 4.78 is 10.3. The average molecular weight is 296 g/mol. The van der Waals surface area contributed by atoms with Crippen LogP contribution in [0.25, 0.3) is 0 Å². The van der Waals surface area contributed by atoms with E-state index in [0.29, 0.717) is 23.7 Å². The van der Waals surface area contributed by atoms with Crippen LogP contribution in [-0.4, -0.2) is 56.2 Å². The number of amides is 1. The number of anilines is 1. The van der Waals surface area contributed by atoms with Gasteiger partial charge in [-0.05, 0) is 19.2 Å². The van der Waals surface area contributed by atoms with E-state index in [9.17, 15) is 9.59 Å². The third-order valence-electron chi connectivity index (χ3n) is 2.80. The monoisotopic (exact) mass is 296 g/mol. The van der Waals surface area contributed by atoms with Crippen LogP contribution in [0.3, 0.4) is 0 Å². The molecule has 2 N–H and O–H groups in total. The Morgan fingerprint density at radius 1 is 1.29 bits per heavy atom. The molecule has 0 bridgehead atoms. The maximum Gasteiger partial charge on any atom is 0.304 e. The maximum absolute atomic E-state index is 11.9. The van der Waals surface area contributed by atoms with E-state index in [1.54, 1.807) is 30.1 Å². The van der Waals surface area contributed by atoms with Crippen molar-refractivity contribution in [1.29, 1.82) is 0 Å². The van der Waals surface area contributed by atoms with Gasteiger partial charge in [-0.25, -0.2) is 0 Å². The molecule has 0 aromatic heterocycles. The minimum Gasteiger partial charge on any atom is -0.497 e. The van der Waals surface area contributed by atoms with Crippen molar-refractivity contribution in [3.63, 3.8) is 0 Å². The van der Waals surface area contributed by atoms with Gasteiger partial charge >= 0.3 is 5.97 Å². The summed E-state index contributed by atoms with van der Waals surface area (Å²) in [7, 11) is 4.73. The number of likely N-dealkylation sites (N-methyl/N-ethyl adjacent to an activating group) is 1. The minimum atomic E-state index is -0.892. The normalized spacial score (nSPS) is 10.3. The summed E-state index contributed by atoms with van der Waals surface area (Å²) in [6, 6.07) is 5.09. The van der Waals surface area contributed by atoms with Gasteiger partial charge in [0.2, 0.25) is 5.91 Å². The second-order valence-electron chi connectivity index (χ2n) is 4.50. The summed E-state index contributed by atoms with van der Waals surface area (Å²) in [6.07, 6.45) is -0.00768. The lowest BCUT2D eigenvalue weighted by molar-refractivity contribution is -0.137. The number of benzene rings is 1. The molecule has 0 unspecified atom stereocenters. The molecule has 0 aliphatic heterocycles. The number of carboxylic acids is 1. The molecular weight excluding hydrogens is 276 g/mol. The predicted octanol–water partition coefficient (Wildman–Crippen LogP) is 1.05. The SMILES string of the molecule is COc1ccc(OC)c(NC(=O)CN(C)CCC(=O)O)c1. The van der Waals surface area contributed by atoms with E-state index in [-0.39, 0.29) is 18.9 Å². The van der Waals surface area contributed by atoms with Gasteiger partial charge in [-0.3, -0.25) is 14.5 Å². The van der Waals surface area contributed by atoms with Crippen molar-refractivity contribution in [2.75, 3.05) is 39.7 Å². The maximum atomic E-state index is 11.9. The fraction of sp³-hybridized carbons (Fsp3) is 0.429. The number of nitrogens with one attached hydrogen (secondary N) is 1. The quantitative estimate of drug-likeness (QED) is 0.745. The molecule has 7 nitrogen and oxygen atoms in total. The van der Waals surface area contributed by atoms with Crippen LogP contribution >= 0.6 is 0 Å². The Morgan fingerprint density at radius 3 is 2.57 bits per heavy atom. The topological polar surface area (TPSA) is 88.1 Å². The van der Waals surface area contributed by atoms with E-state index in [1.807, 2.05) is 0 Å². The highest BCUT2D eigenvalue weighted by Gasteiger charge is 2.12. The highest BCUT2D eigenvalue weighted by Crippen LogP contribution is 2.28. The molecule has 21 heavy (non-hydrogen) atoms. The van der Waals surface area contributed by atoms with Crippen molar-refractivity contribution < 1.29 is 24.2 Å². The van der Waals surface area contributed by atoms with E-state index in [2.05, 4.69) is 5.32 Å². The minimum absolute atomic E-state index is 0.00768. The molecule has 7 heteroatoms. The van der Waals surface area contributed by atoms with Crippen LogP contribution in [0.15, 0.2) is 18.2 Å². The van der Waals surface area contributed by atoms with E-state index in [0.717, 1.165) is 0 Å². The van der Waals surface area contributed by atoms with Crippen LogP contribution < -0.4 is 14.8 Å². The molecule has 1 rings (SSSR count). The van der Waals surface area contributed by atoms with Crippen LogP contribution in [0.4, 0.5) is 5.69 Å². The molecule has 0 saturated carbocycles. The number of nitrogens with zero attached hydrogens (tertiary/aromatic N) is 1. The highest BCUT2D eigenvalue weighted by molar-refractivity contribution is 5.94. The molecule has 0 aliphatic carbocycles. The first-order valence-electron chi connectivity index (χ1n) is 6.38. The molecule has 116 valence electrons. The van der Waals surface area contributed by atoms with E-state index < -0.39 is 5.97 Å². The molecule has 0 aliphatic rings. The number of aliphatic carboxylic acids is 1. The molecule has 1 amide bonds. The molecule has 1 aromatic rings. The Labute approximate surface area is 123 Å². The number of carbonyl (C=O) groups is 2. The zero-order chi connectivity index (χ0) is 15.8. The molecule has 0 heterocycles. The zero-order valence-corrected chi connectivity index (χ0v) is 12.4. The van der Waals surface area contributed by atoms with Crippen LogP contribution in [0.5, 0.6) is 11.5 Å². The van der Waals surface area contributed by atoms with Gasteiger partial charge in [0.25, 0.3) is 0 Å². The number of hydrogen-bond donors (Lipinski definition) is 2. The van der Waals surface area contributed by atoms with Crippen molar-refractivity contribution in [2.45, 2.75) is 6.42 Å². The lowest BCUT2D eigenvalue weighted by atomic mass is 10.2. The van der Waals surface area contributed by atoms with Gasteiger partial charge in [0, 0.05) is 12.6 Å². The van der Waals surface area contributed by atoms with Gasteiger partial charge in [-0.2, -0.15) is 0 Å². The summed E-state index contributed by atoms with van der Waals surface area (Å²) in [4.78, 5) is 24.1. The fourth-order valence-corrected chi connectivity index (χ4v) is 1.71. The molecule has 0 spiro atoms. The van der Waals surface area contributed by atoms with E-state index in [1.165, 1.54) is 14.2 Å². The second-order valence-corrected chi connectivity index (χ2v) is 4.50. The molecule has 0 fully saturated rings. The number of hydrogen-bond acceptors (Lipinski definition) is 5. The van der Waals surface area contributed by atoms with Gasteiger partial charge < -0.3 is 19.9 Å². The Morgan fingerprint density at radius 2 is 2.00 bits per heavy atom. The predicted molar refractivity (Wildman–Crippen MR) is 77.9 cm³/mol. The molecule has 0 atom stereocenters. The zero-order valence-electron chi connectivity index (χ0n) is 12.4. The van der Waals surface area contributed by atoms with Crippen LogP contribution in [0, 0.1) is 0 Å². The molecular formula is C14H20N2O5. The van der Waals surface area contributed by atoms with Gasteiger partial charge in [0.05, 0.1) is 32.9 Å². The fourth-order valence-electron chi connectivity index (χ4n) is 1.71. The molecule has 0 radical (unpaired) electrons. The van der Waals surface area contributed by atoms with Gasteiger partial charge in [0.1, 0.15) is 11.5 Å². The largest absolute Gasteiger partial charge is 0.497 e. The molecule has 0 saturated heterocycles. The number of methoxy groups -OCH3 is 2. The van der Waals surface area contributed by atoms with Crippen molar-refractivity contribution in [1.82, 2.24) is 4.90 Å². The third kappa shape index (κ3) is 5.70. The van der Waals surface area contributed by atoms with E-state index in [4.69, 9.17) is 14.6 Å². The number of rotatable bonds is 8. The Kier molecular flexibility index (Phi) is 6.48. The van der Waals surface area contributed by atoms with Crippen molar-refractivity contribution in [3.8, 4) is 11.5 Å². The van der Waals surface area contributed by atoms with E-state index >= 15 is 0 Å². The number of carbonyl (C=O) groups excluding carboxylic acids is 1. The first-order chi connectivity index (χ1) is 9.96. The number of ether oxygens (including phenoxy) is 2. The van der Waals surface area contributed by atoms with Crippen molar-refractivity contribution >= 4 is 17.6 Å². The van der Waals surface area contributed by atoms with Gasteiger partial charge in [-0.15, -0.1) is 0 Å². The Hall–Kier alpha value is -2.28. The van der Waals surface area contributed by atoms with Crippen molar-refractivity contribution in [2.24, 2.45) is 0 Å². The van der Waals surface area contributed by atoms with Crippen molar-refractivity contribution in [3.05, 3.63) is 18.2 Å². The second kappa shape index (κ2) is 8.11. The third-order valence-corrected chi connectivity index (χ3v) is 2.80. The van der Waals surface area contributed by atoms with Crippen LogP contribution in [0.1, 0.15) is 6.42 Å². The lowest BCUT2D eigenvalue weighted by Crippen LogP contribution is -2.31. The Bertz CT molecular complexity index is 504. The summed E-state index contributed by atoms with van der Waals surface area (Å²) >= 11 is 0. The molecule has 1 aromatic carbocycles. The average Bonchev–Trinajstić information content (AvgIpc) is 2.44. The number of carboxylic acid groups (broad SMARTS) is 1.